The van der Waals surface area contributed by atoms with Gasteiger partial charge in [-0.3, -0.25) is 9.59 Å². The molecule has 1 aromatic rings. The second-order valence-electron chi connectivity index (χ2n) is 3.47. The van der Waals surface area contributed by atoms with Crippen molar-refractivity contribution in [1.82, 2.24) is 4.98 Å². The van der Waals surface area contributed by atoms with Gasteiger partial charge in [-0.25, -0.2) is 9.88 Å². The van der Waals surface area contributed by atoms with Crippen LogP contribution in [0.1, 0.15) is 31.5 Å². The fourth-order valence-corrected chi connectivity index (χ4v) is 2.34. The number of rotatable bonds is 2. The lowest BCUT2D eigenvalue weighted by Gasteiger charge is -2.08. The molecule has 5 nitrogen and oxygen atoms in total. The smallest absolute Gasteiger partial charge is 0.236 e. The summed E-state index contributed by atoms with van der Waals surface area (Å²) in [6.45, 7) is 1.81. The van der Waals surface area contributed by atoms with Gasteiger partial charge in [0.05, 0.1) is 5.69 Å². The topological polar surface area (TPSA) is 76.3 Å². The van der Waals surface area contributed by atoms with Gasteiger partial charge in [0, 0.05) is 24.3 Å². The normalized spacial score (nSPS) is 18.7. The van der Waals surface area contributed by atoms with E-state index < -0.39 is 0 Å². The summed E-state index contributed by atoms with van der Waals surface area (Å²) >= 11 is 1.28. The molecule has 0 spiro atoms. The molecule has 0 aromatic carbocycles. The first-order chi connectivity index (χ1) is 7.09. The zero-order valence-electron chi connectivity index (χ0n) is 8.27. The van der Waals surface area contributed by atoms with Crippen LogP contribution in [-0.2, 0) is 9.59 Å². The summed E-state index contributed by atoms with van der Waals surface area (Å²) in [6, 6.07) is -0.178. The van der Waals surface area contributed by atoms with Crippen molar-refractivity contribution in [1.29, 1.82) is 0 Å². The molecule has 2 N–H and O–H groups in total. The molecule has 6 heteroatoms. The Bertz CT molecular complexity index is 397. The number of carbonyl (C=O) groups is 2. The standard InChI is InChI=1S/C9H11N3O2S/c1-5(10)6-4-15-9(11-6)12-7(13)2-3-8(12)14/h4-5H,2-3,10H2,1H3. The van der Waals surface area contributed by atoms with E-state index in [1.165, 1.54) is 11.3 Å². The van der Waals surface area contributed by atoms with Crippen LogP contribution in [0.25, 0.3) is 0 Å². The van der Waals surface area contributed by atoms with Gasteiger partial charge in [0.15, 0.2) is 5.13 Å². The first-order valence-corrected chi connectivity index (χ1v) is 5.54. The molecule has 0 bridgehead atoms. The Balaban J connectivity index is 2.29. The molecule has 0 radical (unpaired) electrons. The Labute approximate surface area is 90.9 Å². The molecule has 1 aliphatic heterocycles. The van der Waals surface area contributed by atoms with Crippen molar-refractivity contribution in [3.8, 4) is 0 Å². The monoisotopic (exact) mass is 225 g/mol. The summed E-state index contributed by atoms with van der Waals surface area (Å²) < 4.78 is 0. The lowest BCUT2D eigenvalue weighted by atomic mass is 10.3. The van der Waals surface area contributed by atoms with E-state index in [0.717, 1.165) is 4.90 Å². The Morgan fingerprint density at radius 1 is 1.47 bits per heavy atom. The third kappa shape index (κ3) is 1.78. The van der Waals surface area contributed by atoms with E-state index in [-0.39, 0.29) is 30.7 Å². The third-order valence-corrected chi connectivity index (χ3v) is 3.06. The quantitative estimate of drug-likeness (QED) is 0.756. The van der Waals surface area contributed by atoms with Crippen molar-refractivity contribution >= 4 is 28.3 Å². The lowest BCUT2D eigenvalue weighted by Crippen LogP contribution is -2.28. The van der Waals surface area contributed by atoms with E-state index in [9.17, 15) is 9.59 Å². The molecule has 1 fully saturated rings. The number of anilines is 1. The first-order valence-electron chi connectivity index (χ1n) is 4.66. The minimum absolute atomic E-state index is 0.175. The van der Waals surface area contributed by atoms with Gasteiger partial charge in [0.25, 0.3) is 0 Å². The van der Waals surface area contributed by atoms with Crippen LogP contribution in [-0.4, -0.2) is 16.8 Å². The molecule has 15 heavy (non-hydrogen) atoms. The number of nitrogens with zero attached hydrogens (tertiary/aromatic N) is 2. The van der Waals surface area contributed by atoms with Crippen molar-refractivity contribution in [3.63, 3.8) is 0 Å². The molecular weight excluding hydrogens is 214 g/mol. The van der Waals surface area contributed by atoms with Crippen LogP contribution in [0, 0.1) is 0 Å². The first kappa shape index (κ1) is 10.3. The number of hydrogen-bond donors (Lipinski definition) is 1. The molecule has 2 rings (SSSR count). The zero-order valence-corrected chi connectivity index (χ0v) is 9.08. The van der Waals surface area contributed by atoms with Gasteiger partial charge in [0.1, 0.15) is 0 Å². The predicted molar refractivity (Wildman–Crippen MR) is 56.4 cm³/mol. The molecule has 1 aromatic heterocycles. The number of thiazole rings is 1. The molecule has 0 aliphatic carbocycles. The number of hydrogen-bond acceptors (Lipinski definition) is 5. The van der Waals surface area contributed by atoms with E-state index >= 15 is 0 Å². The fourth-order valence-electron chi connectivity index (χ4n) is 1.38. The summed E-state index contributed by atoms with van der Waals surface area (Å²) in [5.41, 5.74) is 6.36. The van der Waals surface area contributed by atoms with E-state index in [1.807, 2.05) is 6.92 Å². The highest BCUT2D eigenvalue weighted by Crippen LogP contribution is 2.27. The van der Waals surface area contributed by atoms with Crippen molar-refractivity contribution in [2.45, 2.75) is 25.8 Å². The zero-order chi connectivity index (χ0) is 11.0. The van der Waals surface area contributed by atoms with Crippen LogP contribution in [0.3, 0.4) is 0 Å². The van der Waals surface area contributed by atoms with E-state index in [0.29, 0.717) is 10.8 Å². The SMILES string of the molecule is CC(N)c1csc(N2C(=O)CCC2=O)n1. The van der Waals surface area contributed by atoms with Crippen molar-refractivity contribution in [2.75, 3.05) is 4.90 Å². The van der Waals surface area contributed by atoms with Gasteiger partial charge >= 0.3 is 0 Å². The fraction of sp³-hybridized carbons (Fsp3) is 0.444. The maximum absolute atomic E-state index is 11.4. The van der Waals surface area contributed by atoms with Gasteiger partial charge < -0.3 is 5.73 Å². The van der Waals surface area contributed by atoms with Crippen LogP contribution in [0.15, 0.2) is 5.38 Å². The second kappa shape index (κ2) is 3.71. The summed E-state index contributed by atoms with van der Waals surface area (Å²) in [7, 11) is 0. The van der Waals surface area contributed by atoms with Crippen molar-refractivity contribution in [3.05, 3.63) is 11.1 Å². The minimum Gasteiger partial charge on any atom is -0.323 e. The van der Waals surface area contributed by atoms with Gasteiger partial charge in [-0.05, 0) is 6.92 Å². The van der Waals surface area contributed by atoms with Gasteiger partial charge in [-0.15, -0.1) is 11.3 Å². The summed E-state index contributed by atoms with van der Waals surface area (Å²) in [4.78, 5) is 28.1. The van der Waals surface area contributed by atoms with Gasteiger partial charge in [-0.1, -0.05) is 0 Å². The molecule has 2 heterocycles. The second-order valence-corrected chi connectivity index (χ2v) is 4.30. The van der Waals surface area contributed by atoms with Crippen LogP contribution in [0.2, 0.25) is 0 Å². The predicted octanol–water partition coefficient (Wildman–Crippen LogP) is 0.816. The highest BCUT2D eigenvalue weighted by atomic mass is 32.1. The van der Waals surface area contributed by atoms with Crippen LogP contribution in [0.5, 0.6) is 0 Å². The summed E-state index contributed by atoms with van der Waals surface area (Å²) in [5.74, 6) is -0.351. The Morgan fingerprint density at radius 2 is 2.07 bits per heavy atom. The van der Waals surface area contributed by atoms with Crippen molar-refractivity contribution < 1.29 is 9.59 Å². The number of aromatic nitrogens is 1. The van der Waals surface area contributed by atoms with Crippen molar-refractivity contribution in [2.24, 2.45) is 5.73 Å². The van der Waals surface area contributed by atoms with Crippen LogP contribution < -0.4 is 10.6 Å². The highest BCUT2D eigenvalue weighted by Gasteiger charge is 2.32. The molecule has 1 saturated heterocycles. The third-order valence-electron chi connectivity index (χ3n) is 2.22. The number of imide groups is 1. The Kier molecular flexibility index (Phi) is 2.54. The number of nitrogens with two attached hydrogens (primary N) is 1. The maximum atomic E-state index is 11.4. The van der Waals surface area contributed by atoms with Crippen LogP contribution in [0.4, 0.5) is 5.13 Å². The largest absolute Gasteiger partial charge is 0.323 e. The molecular formula is C9H11N3O2S. The molecule has 1 atom stereocenters. The van der Waals surface area contributed by atoms with E-state index in [4.69, 9.17) is 5.73 Å². The average molecular weight is 225 g/mol. The summed E-state index contributed by atoms with van der Waals surface area (Å²) in [6.07, 6.45) is 0.567. The number of carbonyl (C=O) groups excluding carboxylic acids is 2. The Morgan fingerprint density at radius 3 is 2.53 bits per heavy atom. The minimum atomic E-state index is -0.178. The van der Waals surface area contributed by atoms with Crippen LogP contribution >= 0.6 is 11.3 Å². The molecule has 80 valence electrons. The average Bonchev–Trinajstić information content (AvgIpc) is 2.73. The van der Waals surface area contributed by atoms with E-state index in [1.54, 1.807) is 5.38 Å². The van der Waals surface area contributed by atoms with E-state index in [2.05, 4.69) is 4.98 Å². The molecule has 2 amide bonds. The highest BCUT2D eigenvalue weighted by molar-refractivity contribution is 7.14. The molecule has 0 saturated carbocycles. The molecule has 1 unspecified atom stereocenters. The maximum Gasteiger partial charge on any atom is 0.236 e. The Hall–Kier alpha value is -1.27. The summed E-state index contributed by atoms with van der Waals surface area (Å²) in [5, 5.41) is 2.22. The van der Waals surface area contributed by atoms with Gasteiger partial charge in [0.2, 0.25) is 11.8 Å². The van der Waals surface area contributed by atoms with Gasteiger partial charge in [-0.2, -0.15) is 0 Å². The molecule has 1 aliphatic rings. The lowest BCUT2D eigenvalue weighted by molar-refractivity contribution is -0.121. The number of amides is 2.